The van der Waals surface area contributed by atoms with Crippen molar-refractivity contribution in [1.82, 2.24) is 10.2 Å². The Balaban J connectivity index is 1.78. The molecule has 2 rings (SSSR count). The number of hydrogen-bond acceptors (Lipinski definition) is 3. The van der Waals surface area contributed by atoms with Crippen LogP contribution in [0.3, 0.4) is 0 Å². The Morgan fingerprint density at radius 3 is 2.50 bits per heavy atom. The van der Waals surface area contributed by atoms with Crippen molar-refractivity contribution in [2.45, 2.75) is 44.6 Å². The lowest BCUT2D eigenvalue weighted by molar-refractivity contribution is -0.136. The van der Waals surface area contributed by atoms with Crippen molar-refractivity contribution in [1.29, 1.82) is 0 Å². The summed E-state index contributed by atoms with van der Waals surface area (Å²) in [6.07, 6.45) is 3.08. The number of amides is 2. The van der Waals surface area contributed by atoms with Crippen molar-refractivity contribution in [3.63, 3.8) is 0 Å². The summed E-state index contributed by atoms with van der Waals surface area (Å²) >= 11 is 0. The third kappa shape index (κ3) is 5.34. The van der Waals surface area contributed by atoms with Gasteiger partial charge in [0.15, 0.2) is 0 Å². The number of carbonyl (C=O) groups is 2. The number of piperidine rings is 1. The number of likely N-dealkylation sites (tertiary alicyclic amines) is 1. The number of carbonyl (C=O) groups excluding carboxylic acids is 2. The Kier molecular flexibility index (Phi) is 7.25. The highest BCUT2D eigenvalue weighted by Gasteiger charge is 2.24. The summed E-state index contributed by atoms with van der Waals surface area (Å²) in [5.41, 5.74) is 1.22. The topological polar surface area (TPSA) is 58.6 Å². The minimum Gasteiger partial charge on any atom is -0.375 e. The van der Waals surface area contributed by atoms with Crippen LogP contribution in [0.1, 0.15) is 44.1 Å². The van der Waals surface area contributed by atoms with E-state index < -0.39 is 0 Å². The molecule has 2 amide bonds. The van der Waals surface area contributed by atoms with Gasteiger partial charge < -0.3 is 15.0 Å². The van der Waals surface area contributed by atoms with Gasteiger partial charge in [-0.15, -0.1) is 0 Å². The molecule has 0 aromatic heterocycles. The maximum absolute atomic E-state index is 12.4. The van der Waals surface area contributed by atoms with Gasteiger partial charge in [0.05, 0.1) is 0 Å². The van der Waals surface area contributed by atoms with Crippen LogP contribution in [-0.2, 0) is 14.3 Å². The summed E-state index contributed by atoms with van der Waals surface area (Å²) in [5, 5.41) is 3.14. The van der Waals surface area contributed by atoms with Crippen molar-refractivity contribution in [3.8, 4) is 0 Å². The van der Waals surface area contributed by atoms with Gasteiger partial charge >= 0.3 is 0 Å². The first kappa shape index (κ1) is 18.5. The number of rotatable bonds is 7. The molecule has 1 atom stereocenters. The summed E-state index contributed by atoms with van der Waals surface area (Å²) in [5.74, 6) is 0.388. The zero-order valence-corrected chi connectivity index (χ0v) is 14.7. The number of ether oxygens (including phenoxy) is 1. The lowest BCUT2D eigenvalue weighted by Crippen LogP contribution is -2.47. The zero-order chi connectivity index (χ0) is 17.4. The number of nitrogens with zero attached hydrogens (tertiary/aromatic N) is 1. The smallest absolute Gasteiger partial charge is 0.248 e. The minimum absolute atomic E-state index is 0.0254. The first-order valence-corrected chi connectivity index (χ1v) is 8.75. The molecule has 0 saturated carbocycles. The molecule has 1 fully saturated rings. The molecule has 1 aromatic carbocycles. The van der Waals surface area contributed by atoms with E-state index in [-0.39, 0.29) is 30.4 Å². The second kappa shape index (κ2) is 9.42. The second-order valence-electron chi connectivity index (χ2n) is 6.38. The van der Waals surface area contributed by atoms with Gasteiger partial charge in [-0.1, -0.05) is 37.3 Å². The highest BCUT2D eigenvalue weighted by molar-refractivity contribution is 5.78. The van der Waals surface area contributed by atoms with Crippen LogP contribution in [0, 0.1) is 0 Å². The lowest BCUT2D eigenvalue weighted by atomic mass is 9.92. The Morgan fingerprint density at radius 2 is 1.92 bits per heavy atom. The maximum Gasteiger partial charge on any atom is 0.248 e. The molecule has 1 heterocycles. The maximum atomic E-state index is 12.4. The third-order valence-corrected chi connectivity index (χ3v) is 4.68. The van der Waals surface area contributed by atoms with Gasteiger partial charge in [0, 0.05) is 32.7 Å². The molecular weight excluding hydrogens is 304 g/mol. The first-order chi connectivity index (χ1) is 11.6. The minimum atomic E-state index is 0.0254. The molecule has 24 heavy (non-hydrogen) atoms. The monoisotopic (exact) mass is 332 g/mol. The van der Waals surface area contributed by atoms with Crippen LogP contribution in [0.5, 0.6) is 0 Å². The van der Waals surface area contributed by atoms with Gasteiger partial charge in [0.25, 0.3) is 0 Å². The van der Waals surface area contributed by atoms with Crippen molar-refractivity contribution in [2.24, 2.45) is 0 Å². The Morgan fingerprint density at radius 1 is 1.25 bits per heavy atom. The van der Waals surface area contributed by atoms with Crippen LogP contribution in [0.25, 0.3) is 0 Å². The van der Waals surface area contributed by atoms with Crippen LogP contribution < -0.4 is 5.32 Å². The van der Waals surface area contributed by atoms with Gasteiger partial charge in [-0.25, -0.2) is 0 Å². The number of hydrogen-bond donors (Lipinski definition) is 1. The molecule has 1 aliphatic heterocycles. The summed E-state index contributed by atoms with van der Waals surface area (Å²) in [6.45, 7) is 3.61. The van der Waals surface area contributed by atoms with E-state index >= 15 is 0 Å². The molecule has 0 spiro atoms. The lowest BCUT2D eigenvalue weighted by Gasteiger charge is -2.32. The van der Waals surface area contributed by atoms with Crippen molar-refractivity contribution >= 4 is 11.8 Å². The fourth-order valence-corrected chi connectivity index (χ4v) is 3.22. The average molecular weight is 332 g/mol. The molecule has 0 radical (unpaired) electrons. The quantitative estimate of drug-likeness (QED) is 0.834. The molecule has 1 aromatic rings. The molecular formula is C19H28N2O3. The first-order valence-electron chi connectivity index (χ1n) is 8.75. The highest BCUT2D eigenvalue weighted by atomic mass is 16.5. The largest absolute Gasteiger partial charge is 0.375 e. The number of nitrogens with one attached hydrogen (secondary N) is 1. The van der Waals surface area contributed by atoms with E-state index in [1.54, 1.807) is 0 Å². The van der Waals surface area contributed by atoms with Gasteiger partial charge in [-0.3, -0.25) is 9.59 Å². The Bertz CT molecular complexity index is 525. The van der Waals surface area contributed by atoms with E-state index in [4.69, 9.17) is 4.74 Å². The van der Waals surface area contributed by atoms with Crippen molar-refractivity contribution < 1.29 is 14.3 Å². The molecule has 132 valence electrons. The number of benzene rings is 1. The van der Waals surface area contributed by atoms with Crippen LogP contribution in [0.4, 0.5) is 0 Å². The van der Waals surface area contributed by atoms with Gasteiger partial charge in [0.1, 0.15) is 6.61 Å². The fourth-order valence-electron chi connectivity index (χ4n) is 3.22. The fraction of sp³-hybridized carbons (Fsp3) is 0.579. The van der Waals surface area contributed by atoms with Gasteiger partial charge in [0.2, 0.25) is 11.8 Å². The molecule has 0 bridgehead atoms. The van der Waals surface area contributed by atoms with Gasteiger partial charge in [-0.2, -0.15) is 0 Å². The van der Waals surface area contributed by atoms with E-state index in [0.29, 0.717) is 19.5 Å². The second-order valence-corrected chi connectivity index (χ2v) is 6.38. The summed E-state index contributed by atoms with van der Waals surface area (Å²) < 4.78 is 4.89. The van der Waals surface area contributed by atoms with Crippen LogP contribution >= 0.6 is 0 Å². The Labute approximate surface area is 144 Å². The van der Waals surface area contributed by atoms with E-state index in [1.165, 1.54) is 12.7 Å². The molecule has 5 nitrogen and oxygen atoms in total. The standard InChI is InChI=1S/C19H28N2O3/c1-3-15(16-7-5-4-6-8-16)13-18(22)20-17-9-11-21(12-10-17)19(23)14-24-2/h4-8,15,17H,3,9-14H2,1-2H3,(H,20,22). The predicted octanol–water partition coefficient (Wildman–Crippen LogP) is 2.32. The van der Waals surface area contributed by atoms with E-state index in [2.05, 4.69) is 24.4 Å². The summed E-state index contributed by atoms with van der Waals surface area (Å²) in [7, 11) is 1.53. The van der Waals surface area contributed by atoms with Crippen molar-refractivity contribution in [3.05, 3.63) is 35.9 Å². The molecule has 1 unspecified atom stereocenters. The molecule has 1 N–H and O–H groups in total. The molecule has 1 aliphatic rings. The highest BCUT2D eigenvalue weighted by Crippen LogP contribution is 2.23. The number of methoxy groups -OCH3 is 1. The van der Waals surface area contributed by atoms with E-state index in [0.717, 1.165) is 19.3 Å². The van der Waals surface area contributed by atoms with Gasteiger partial charge in [-0.05, 0) is 30.7 Å². The van der Waals surface area contributed by atoms with Crippen LogP contribution in [0.2, 0.25) is 0 Å². The predicted molar refractivity (Wildman–Crippen MR) is 93.7 cm³/mol. The molecule has 0 aliphatic carbocycles. The third-order valence-electron chi connectivity index (χ3n) is 4.68. The summed E-state index contributed by atoms with van der Waals surface area (Å²) in [4.78, 5) is 26.0. The SMILES string of the molecule is CCC(CC(=O)NC1CCN(C(=O)COC)CC1)c1ccccc1. The average Bonchev–Trinajstić information content (AvgIpc) is 2.61. The van der Waals surface area contributed by atoms with Crippen LogP contribution in [0.15, 0.2) is 30.3 Å². The van der Waals surface area contributed by atoms with E-state index in [1.807, 2.05) is 23.1 Å². The van der Waals surface area contributed by atoms with Crippen LogP contribution in [-0.4, -0.2) is 49.6 Å². The zero-order valence-electron chi connectivity index (χ0n) is 14.7. The van der Waals surface area contributed by atoms with Crippen molar-refractivity contribution in [2.75, 3.05) is 26.8 Å². The molecule has 1 saturated heterocycles. The summed E-state index contributed by atoms with van der Waals surface area (Å²) in [6, 6.07) is 10.4. The van der Waals surface area contributed by atoms with E-state index in [9.17, 15) is 9.59 Å². The molecule has 5 heteroatoms. The normalized spacial score (nSPS) is 16.7. The Hall–Kier alpha value is -1.88.